The number of benzene rings is 1. The summed E-state index contributed by atoms with van der Waals surface area (Å²) in [7, 11) is 1.23. The molecular weight excluding hydrogens is 229 g/mol. The molecule has 0 aliphatic carbocycles. The predicted molar refractivity (Wildman–Crippen MR) is 57.3 cm³/mol. The van der Waals surface area contributed by atoms with Crippen molar-refractivity contribution in [2.45, 2.75) is 13.0 Å². The summed E-state index contributed by atoms with van der Waals surface area (Å²) < 4.78 is 13.4. The number of carbonyl (C=O) groups excluding carboxylic acids is 1. The van der Waals surface area contributed by atoms with Gasteiger partial charge in [-0.25, -0.2) is 9.18 Å². The molecule has 0 bridgehead atoms. The summed E-state index contributed by atoms with van der Waals surface area (Å²) in [5.74, 6) is -3.49. The summed E-state index contributed by atoms with van der Waals surface area (Å²) in [6.07, 6.45) is 0. The van der Waals surface area contributed by atoms with E-state index in [1.807, 2.05) is 0 Å². The SMILES string of the molecule is CC(C(=O)O)N(C)C(=O)c1c(O)cccc1F. The number of aliphatic carboxylic acids is 1. The molecule has 1 rings (SSSR count). The van der Waals surface area contributed by atoms with Crippen molar-refractivity contribution in [3.05, 3.63) is 29.6 Å². The fraction of sp³-hybridized carbons (Fsp3) is 0.273. The summed E-state index contributed by atoms with van der Waals surface area (Å²) in [4.78, 5) is 23.3. The maximum Gasteiger partial charge on any atom is 0.326 e. The first-order valence-corrected chi connectivity index (χ1v) is 4.83. The molecule has 0 saturated carbocycles. The fourth-order valence-electron chi connectivity index (χ4n) is 1.24. The molecule has 0 aromatic heterocycles. The zero-order valence-electron chi connectivity index (χ0n) is 9.35. The number of likely N-dealkylation sites (N-methyl/N-ethyl adjacent to an activating group) is 1. The van der Waals surface area contributed by atoms with Crippen molar-refractivity contribution < 1.29 is 24.2 Å². The lowest BCUT2D eigenvalue weighted by Gasteiger charge is -2.22. The first-order valence-electron chi connectivity index (χ1n) is 4.83. The molecule has 92 valence electrons. The second-order valence-electron chi connectivity index (χ2n) is 3.56. The van der Waals surface area contributed by atoms with Crippen LogP contribution in [0.1, 0.15) is 17.3 Å². The Balaban J connectivity index is 3.09. The van der Waals surface area contributed by atoms with Crippen LogP contribution in [0.2, 0.25) is 0 Å². The van der Waals surface area contributed by atoms with Crippen molar-refractivity contribution in [1.29, 1.82) is 0 Å². The molecule has 1 aromatic carbocycles. The number of carbonyl (C=O) groups is 2. The Morgan fingerprint density at radius 1 is 1.41 bits per heavy atom. The lowest BCUT2D eigenvalue weighted by molar-refractivity contribution is -0.141. The van der Waals surface area contributed by atoms with Crippen LogP contribution in [0, 0.1) is 5.82 Å². The standard InChI is InChI=1S/C11H12FNO4/c1-6(11(16)17)13(2)10(15)9-7(12)4-3-5-8(9)14/h3-6,14H,1-2H3,(H,16,17). The first kappa shape index (κ1) is 13.0. The number of nitrogens with zero attached hydrogens (tertiary/aromatic N) is 1. The number of rotatable bonds is 3. The number of aromatic hydroxyl groups is 1. The first-order chi connectivity index (χ1) is 7.86. The van der Waals surface area contributed by atoms with Crippen molar-refractivity contribution >= 4 is 11.9 Å². The van der Waals surface area contributed by atoms with E-state index >= 15 is 0 Å². The third-order valence-electron chi connectivity index (χ3n) is 2.46. The monoisotopic (exact) mass is 241 g/mol. The van der Waals surface area contributed by atoms with E-state index in [9.17, 15) is 19.1 Å². The molecule has 1 unspecified atom stereocenters. The van der Waals surface area contributed by atoms with Gasteiger partial charge in [-0.3, -0.25) is 4.79 Å². The van der Waals surface area contributed by atoms with Gasteiger partial charge in [-0.2, -0.15) is 0 Å². The van der Waals surface area contributed by atoms with Crippen LogP contribution < -0.4 is 0 Å². The molecule has 0 aliphatic rings. The molecule has 1 atom stereocenters. The molecule has 1 amide bonds. The molecule has 1 aromatic rings. The summed E-state index contributed by atoms with van der Waals surface area (Å²) in [6.45, 7) is 1.29. The van der Waals surface area contributed by atoms with Crippen LogP contribution >= 0.6 is 0 Å². The summed E-state index contributed by atoms with van der Waals surface area (Å²) in [5.41, 5.74) is -0.525. The number of halogens is 1. The summed E-state index contributed by atoms with van der Waals surface area (Å²) in [5, 5.41) is 18.1. The van der Waals surface area contributed by atoms with E-state index in [2.05, 4.69) is 0 Å². The zero-order chi connectivity index (χ0) is 13.2. The Hall–Kier alpha value is -2.11. The third kappa shape index (κ3) is 2.52. The van der Waals surface area contributed by atoms with Crippen LogP contribution in [0.15, 0.2) is 18.2 Å². The van der Waals surface area contributed by atoms with Gasteiger partial charge in [0.05, 0.1) is 0 Å². The fourth-order valence-corrected chi connectivity index (χ4v) is 1.24. The Morgan fingerprint density at radius 3 is 2.47 bits per heavy atom. The molecule has 0 radical (unpaired) electrons. The topological polar surface area (TPSA) is 77.8 Å². The Bertz CT molecular complexity index is 441. The van der Waals surface area contributed by atoms with E-state index in [-0.39, 0.29) is 0 Å². The van der Waals surface area contributed by atoms with Gasteiger partial charge in [-0.15, -0.1) is 0 Å². The quantitative estimate of drug-likeness (QED) is 0.830. The number of carboxylic acid groups (broad SMARTS) is 1. The Morgan fingerprint density at radius 2 is 2.00 bits per heavy atom. The van der Waals surface area contributed by atoms with E-state index in [4.69, 9.17) is 5.11 Å². The summed E-state index contributed by atoms with van der Waals surface area (Å²) >= 11 is 0. The molecule has 0 fully saturated rings. The van der Waals surface area contributed by atoms with Gasteiger partial charge in [0.2, 0.25) is 0 Å². The van der Waals surface area contributed by atoms with Crippen molar-refractivity contribution in [3.63, 3.8) is 0 Å². The minimum atomic E-state index is -1.21. The largest absolute Gasteiger partial charge is 0.507 e. The number of phenols is 1. The van der Waals surface area contributed by atoms with Gasteiger partial charge in [-0.05, 0) is 19.1 Å². The van der Waals surface area contributed by atoms with Crippen LogP contribution in [0.3, 0.4) is 0 Å². The van der Waals surface area contributed by atoms with Gasteiger partial charge >= 0.3 is 5.97 Å². The van der Waals surface area contributed by atoms with Crippen LogP contribution in [-0.2, 0) is 4.79 Å². The molecule has 2 N–H and O–H groups in total. The molecule has 5 nitrogen and oxygen atoms in total. The lowest BCUT2D eigenvalue weighted by Crippen LogP contribution is -2.40. The highest BCUT2D eigenvalue weighted by atomic mass is 19.1. The highest BCUT2D eigenvalue weighted by Crippen LogP contribution is 2.21. The second kappa shape index (κ2) is 4.82. The average molecular weight is 241 g/mol. The number of hydrogen-bond acceptors (Lipinski definition) is 3. The van der Waals surface area contributed by atoms with E-state index < -0.39 is 35.0 Å². The van der Waals surface area contributed by atoms with Gasteiger partial charge in [0, 0.05) is 7.05 Å². The van der Waals surface area contributed by atoms with Gasteiger partial charge < -0.3 is 15.1 Å². The van der Waals surface area contributed by atoms with Gasteiger partial charge in [0.1, 0.15) is 23.2 Å². The van der Waals surface area contributed by atoms with Crippen molar-refractivity contribution in [1.82, 2.24) is 4.90 Å². The number of hydrogen-bond donors (Lipinski definition) is 2. The minimum Gasteiger partial charge on any atom is -0.507 e. The highest BCUT2D eigenvalue weighted by Gasteiger charge is 2.26. The summed E-state index contributed by atoms with van der Waals surface area (Å²) in [6, 6.07) is 2.32. The molecular formula is C11H12FNO4. The van der Waals surface area contributed by atoms with Crippen molar-refractivity contribution in [2.24, 2.45) is 0 Å². The maximum absolute atomic E-state index is 13.4. The molecule has 0 aliphatic heterocycles. The number of amides is 1. The third-order valence-corrected chi connectivity index (χ3v) is 2.46. The molecule has 17 heavy (non-hydrogen) atoms. The second-order valence-corrected chi connectivity index (χ2v) is 3.56. The van der Waals surface area contributed by atoms with Crippen LogP contribution in [0.25, 0.3) is 0 Å². The molecule has 0 saturated heterocycles. The number of phenolic OH excluding ortho intramolecular Hbond substituents is 1. The molecule has 0 heterocycles. The number of carboxylic acids is 1. The predicted octanol–water partition coefficient (Wildman–Crippen LogP) is 1.08. The lowest BCUT2D eigenvalue weighted by atomic mass is 10.1. The van der Waals surface area contributed by atoms with Gasteiger partial charge in [-0.1, -0.05) is 6.07 Å². The van der Waals surface area contributed by atoms with E-state index in [0.29, 0.717) is 0 Å². The highest BCUT2D eigenvalue weighted by molar-refractivity contribution is 5.98. The van der Waals surface area contributed by atoms with Gasteiger partial charge in [0.25, 0.3) is 5.91 Å². The molecule has 0 spiro atoms. The zero-order valence-corrected chi connectivity index (χ0v) is 9.35. The minimum absolute atomic E-state index is 0.514. The van der Waals surface area contributed by atoms with E-state index in [1.165, 1.54) is 20.0 Å². The van der Waals surface area contributed by atoms with Crippen LogP contribution in [0.5, 0.6) is 5.75 Å². The van der Waals surface area contributed by atoms with Gasteiger partial charge in [0.15, 0.2) is 0 Å². The Kier molecular flexibility index (Phi) is 3.67. The van der Waals surface area contributed by atoms with Crippen LogP contribution in [-0.4, -0.2) is 40.1 Å². The van der Waals surface area contributed by atoms with Crippen LogP contribution in [0.4, 0.5) is 4.39 Å². The van der Waals surface area contributed by atoms with E-state index in [0.717, 1.165) is 17.0 Å². The molecule has 6 heteroatoms. The van der Waals surface area contributed by atoms with Crippen molar-refractivity contribution in [3.8, 4) is 5.75 Å². The Labute approximate surface area is 97.1 Å². The normalized spacial score (nSPS) is 11.9. The smallest absolute Gasteiger partial charge is 0.326 e. The van der Waals surface area contributed by atoms with E-state index in [1.54, 1.807) is 0 Å². The maximum atomic E-state index is 13.4. The van der Waals surface area contributed by atoms with Crippen molar-refractivity contribution in [2.75, 3.05) is 7.05 Å². The average Bonchev–Trinajstić information content (AvgIpc) is 2.26.